The molecule has 86 valence electrons. The van der Waals surface area contributed by atoms with Crippen molar-refractivity contribution in [2.45, 2.75) is 6.17 Å². The van der Waals surface area contributed by atoms with E-state index in [0.29, 0.717) is 24.5 Å². The monoisotopic (exact) mass is 221 g/mol. The summed E-state index contributed by atoms with van der Waals surface area (Å²) in [7, 11) is 0. The standard InChI is InChI=1S/C11H15N3O2/c12-9-4-2-1-3-8(9)11(15)14-10-7-16-6-5-13-10/h1-4,10,13H,5-7,12H2,(H,14,15). The van der Waals surface area contributed by atoms with E-state index >= 15 is 0 Å². The smallest absolute Gasteiger partial charge is 0.254 e. The minimum Gasteiger partial charge on any atom is -0.398 e. The van der Waals surface area contributed by atoms with Crippen LogP contribution in [0.5, 0.6) is 0 Å². The molecular weight excluding hydrogens is 206 g/mol. The Labute approximate surface area is 94.0 Å². The van der Waals surface area contributed by atoms with Gasteiger partial charge in [0.1, 0.15) is 6.17 Å². The lowest BCUT2D eigenvalue weighted by Crippen LogP contribution is -2.52. The summed E-state index contributed by atoms with van der Waals surface area (Å²) >= 11 is 0. The molecule has 0 aliphatic carbocycles. The Morgan fingerprint density at radius 2 is 2.31 bits per heavy atom. The molecule has 1 aromatic rings. The number of hydrogen-bond donors (Lipinski definition) is 3. The fourth-order valence-corrected chi connectivity index (χ4v) is 1.60. The number of para-hydroxylation sites is 1. The number of nitrogens with one attached hydrogen (secondary N) is 2. The molecule has 2 rings (SSSR count). The van der Waals surface area contributed by atoms with E-state index in [-0.39, 0.29) is 12.1 Å². The fourth-order valence-electron chi connectivity index (χ4n) is 1.60. The molecule has 16 heavy (non-hydrogen) atoms. The third-order valence-corrected chi connectivity index (χ3v) is 2.43. The molecule has 1 aliphatic heterocycles. The summed E-state index contributed by atoms with van der Waals surface area (Å²) in [5.74, 6) is -0.180. The number of ether oxygens (including phenoxy) is 1. The average Bonchev–Trinajstić information content (AvgIpc) is 2.31. The van der Waals surface area contributed by atoms with E-state index in [4.69, 9.17) is 10.5 Å². The van der Waals surface area contributed by atoms with Crippen molar-refractivity contribution in [2.75, 3.05) is 25.5 Å². The highest BCUT2D eigenvalue weighted by molar-refractivity contribution is 5.99. The number of rotatable bonds is 2. The molecule has 1 unspecified atom stereocenters. The van der Waals surface area contributed by atoms with Crippen LogP contribution in [0.3, 0.4) is 0 Å². The molecule has 1 saturated heterocycles. The van der Waals surface area contributed by atoms with Gasteiger partial charge in [0.2, 0.25) is 0 Å². The van der Waals surface area contributed by atoms with Crippen LogP contribution in [-0.4, -0.2) is 31.8 Å². The minimum absolute atomic E-state index is 0.138. The number of anilines is 1. The Morgan fingerprint density at radius 3 is 3.00 bits per heavy atom. The normalized spacial score (nSPS) is 20.4. The molecule has 0 spiro atoms. The number of nitrogens with two attached hydrogens (primary N) is 1. The van der Waals surface area contributed by atoms with E-state index in [9.17, 15) is 4.79 Å². The summed E-state index contributed by atoms with van der Waals surface area (Å²) in [4.78, 5) is 11.8. The predicted molar refractivity (Wildman–Crippen MR) is 60.9 cm³/mol. The summed E-state index contributed by atoms with van der Waals surface area (Å²) < 4.78 is 5.24. The van der Waals surface area contributed by atoms with Crippen LogP contribution in [0.25, 0.3) is 0 Å². The maximum atomic E-state index is 11.8. The van der Waals surface area contributed by atoms with E-state index in [1.807, 2.05) is 0 Å². The first-order valence-corrected chi connectivity index (χ1v) is 5.24. The zero-order valence-corrected chi connectivity index (χ0v) is 8.90. The van der Waals surface area contributed by atoms with Gasteiger partial charge < -0.3 is 15.8 Å². The van der Waals surface area contributed by atoms with Crippen molar-refractivity contribution in [2.24, 2.45) is 0 Å². The van der Waals surface area contributed by atoms with Gasteiger partial charge in [-0.1, -0.05) is 12.1 Å². The topological polar surface area (TPSA) is 76.4 Å². The highest BCUT2D eigenvalue weighted by Gasteiger charge is 2.17. The number of nitrogen functional groups attached to an aromatic ring is 1. The molecule has 1 atom stereocenters. The second-order valence-corrected chi connectivity index (χ2v) is 3.64. The first-order chi connectivity index (χ1) is 7.77. The molecule has 1 aromatic carbocycles. The van der Waals surface area contributed by atoms with Crippen LogP contribution in [0.1, 0.15) is 10.4 Å². The van der Waals surface area contributed by atoms with Gasteiger partial charge in [-0.2, -0.15) is 0 Å². The van der Waals surface area contributed by atoms with Crippen molar-refractivity contribution in [3.05, 3.63) is 29.8 Å². The van der Waals surface area contributed by atoms with E-state index in [1.165, 1.54) is 0 Å². The lowest BCUT2D eigenvalue weighted by atomic mass is 10.1. The van der Waals surface area contributed by atoms with Crippen LogP contribution < -0.4 is 16.4 Å². The average molecular weight is 221 g/mol. The summed E-state index contributed by atoms with van der Waals surface area (Å²) in [5.41, 5.74) is 6.69. The lowest BCUT2D eigenvalue weighted by molar-refractivity contribution is 0.0586. The minimum atomic E-state index is -0.180. The highest BCUT2D eigenvalue weighted by Crippen LogP contribution is 2.10. The second-order valence-electron chi connectivity index (χ2n) is 3.64. The van der Waals surface area contributed by atoms with E-state index in [2.05, 4.69) is 10.6 Å². The van der Waals surface area contributed by atoms with Gasteiger partial charge in [-0.15, -0.1) is 0 Å². The Balaban J connectivity index is 2.00. The van der Waals surface area contributed by atoms with Crippen molar-refractivity contribution in [3.63, 3.8) is 0 Å². The van der Waals surface area contributed by atoms with E-state index in [0.717, 1.165) is 6.54 Å². The summed E-state index contributed by atoms with van der Waals surface area (Å²) in [6.07, 6.45) is -0.138. The maximum absolute atomic E-state index is 11.8. The third kappa shape index (κ3) is 2.50. The Hall–Kier alpha value is -1.59. The molecule has 1 heterocycles. The van der Waals surface area contributed by atoms with Gasteiger partial charge in [0.05, 0.1) is 18.8 Å². The Morgan fingerprint density at radius 1 is 1.50 bits per heavy atom. The van der Waals surface area contributed by atoms with Crippen LogP contribution in [0.2, 0.25) is 0 Å². The second kappa shape index (κ2) is 4.96. The SMILES string of the molecule is Nc1ccccc1C(=O)NC1COCCN1. The predicted octanol–water partition coefficient (Wildman–Crippen LogP) is -0.0555. The molecule has 5 heteroatoms. The molecule has 0 aromatic heterocycles. The zero-order valence-electron chi connectivity index (χ0n) is 8.90. The van der Waals surface area contributed by atoms with Gasteiger partial charge in [0, 0.05) is 12.2 Å². The summed E-state index contributed by atoms with van der Waals surface area (Å²) in [6, 6.07) is 7.00. The largest absolute Gasteiger partial charge is 0.398 e. The van der Waals surface area contributed by atoms with Gasteiger partial charge >= 0.3 is 0 Å². The molecule has 5 nitrogen and oxygen atoms in total. The molecule has 4 N–H and O–H groups in total. The van der Waals surface area contributed by atoms with Crippen molar-refractivity contribution < 1.29 is 9.53 Å². The van der Waals surface area contributed by atoms with Crippen LogP contribution in [0, 0.1) is 0 Å². The van der Waals surface area contributed by atoms with Gasteiger partial charge in [0.25, 0.3) is 5.91 Å². The van der Waals surface area contributed by atoms with Gasteiger partial charge in [-0.05, 0) is 12.1 Å². The molecule has 1 aliphatic rings. The molecule has 1 fully saturated rings. The van der Waals surface area contributed by atoms with Gasteiger partial charge in [-0.25, -0.2) is 0 Å². The van der Waals surface area contributed by atoms with Crippen LogP contribution in [-0.2, 0) is 4.74 Å². The first-order valence-electron chi connectivity index (χ1n) is 5.24. The van der Waals surface area contributed by atoms with Gasteiger partial charge in [0.15, 0.2) is 0 Å². The Kier molecular flexibility index (Phi) is 3.38. The van der Waals surface area contributed by atoms with Crippen LogP contribution in [0.15, 0.2) is 24.3 Å². The summed E-state index contributed by atoms with van der Waals surface area (Å²) in [5, 5.41) is 5.96. The fraction of sp³-hybridized carbons (Fsp3) is 0.364. The van der Waals surface area contributed by atoms with Crippen molar-refractivity contribution in [3.8, 4) is 0 Å². The third-order valence-electron chi connectivity index (χ3n) is 2.43. The number of carbonyl (C=O) groups is 1. The van der Waals surface area contributed by atoms with Crippen LogP contribution >= 0.6 is 0 Å². The maximum Gasteiger partial charge on any atom is 0.254 e. The number of morpholine rings is 1. The summed E-state index contributed by atoms with van der Waals surface area (Å²) in [6.45, 7) is 1.91. The Bertz CT molecular complexity index is 375. The zero-order chi connectivity index (χ0) is 11.4. The lowest BCUT2D eigenvalue weighted by Gasteiger charge is -2.24. The quantitative estimate of drug-likeness (QED) is 0.612. The van der Waals surface area contributed by atoms with Crippen molar-refractivity contribution >= 4 is 11.6 Å². The van der Waals surface area contributed by atoms with Gasteiger partial charge in [-0.3, -0.25) is 10.1 Å². The van der Waals surface area contributed by atoms with Crippen molar-refractivity contribution in [1.82, 2.24) is 10.6 Å². The number of hydrogen-bond acceptors (Lipinski definition) is 4. The molecular formula is C11H15N3O2. The molecule has 0 radical (unpaired) electrons. The van der Waals surface area contributed by atoms with E-state index < -0.39 is 0 Å². The van der Waals surface area contributed by atoms with Crippen LogP contribution in [0.4, 0.5) is 5.69 Å². The molecule has 0 saturated carbocycles. The highest BCUT2D eigenvalue weighted by atomic mass is 16.5. The molecule has 1 amide bonds. The van der Waals surface area contributed by atoms with Crippen molar-refractivity contribution in [1.29, 1.82) is 0 Å². The number of benzene rings is 1. The molecule has 0 bridgehead atoms. The number of carbonyl (C=O) groups excluding carboxylic acids is 1. The first kappa shape index (κ1) is 10.9. The number of amides is 1. The van der Waals surface area contributed by atoms with E-state index in [1.54, 1.807) is 24.3 Å².